The summed E-state index contributed by atoms with van der Waals surface area (Å²) >= 11 is 0. The molecular formula is C15H30OSi. The van der Waals surface area contributed by atoms with Crippen LogP contribution in [0.3, 0.4) is 0 Å². The van der Waals surface area contributed by atoms with Gasteiger partial charge in [0.1, 0.15) is 0 Å². The first-order valence-corrected chi connectivity index (χ1v) is 10.0. The fraction of sp³-hybridized carbons (Fsp3) is 0.867. The van der Waals surface area contributed by atoms with Crippen LogP contribution in [0.15, 0.2) is 12.2 Å². The molecule has 0 bridgehead atoms. The normalized spacial score (nSPS) is 21.8. The molecule has 100 valence electrons. The second-order valence-corrected chi connectivity index (χ2v) is 11.7. The van der Waals surface area contributed by atoms with Gasteiger partial charge in [-0.25, -0.2) is 0 Å². The predicted molar refractivity (Wildman–Crippen MR) is 78.9 cm³/mol. The average molecular weight is 254 g/mol. The van der Waals surface area contributed by atoms with E-state index in [-0.39, 0.29) is 0 Å². The van der Waals surface area contributed by atoms with E-state index in [1.807, 2.05) is 0 Å². The minimum Gasteiger partial charge on any atom is -0.417 e. The Labute approximate surface area is 109 Å². The van der Waals surface area contributed by atoms with Gasteiger partial charge in [-0.05, 0) is 56.2 Å². The number of hydrogen-bond acceptors (Lipinski definition) is 1. The van der Waals surface area contributed by atoms with Crippen molar-refractivity contribution in [3.05, 3.63) is 12.2 Å². The fourth-order valence-electron chi connectivity index (χ4n) is 2.01. The third-order valence-corrected chi connectivity index (χ3v) is 8.88. The first-order valence-electron chi connectivity index (χ1n) is 7.13. The summed E-state index contributed by atoms with van der Waals surface area (Å²) in [5.74, 6) is 0.826. The lowest BCUT2D eigenvalue weighted by Crippen LogP contribution is -2.41. The highest BCUT2D eigenvalue weighted by Crippen LogP contribution is 2.36. The Morgan fingerprint density at radius 2 is 2.00 bits per heavy atom. The fourth-order valence-corrected chi connectivity index (χ4v) is 3.10. The van der Waals surface area contributed by atoms with Crippen molar-refractivity contribution in [3.63, 3.8) is 0 Å². The van der Waals surface area contributed by atoms with E-state index < -0.39 is 8.32 Å². The first-order chi connectivity index (χ1) is 7.83. The summed E-state index contributed by atoms with van der Waals surface area (Å²) in [4.78, 5) is 0. The Bertz CT molecular complexity index is 250. The van der Waals surface area contributed by atoms with Gasteiger partial charge in [0.25, 0.3) is 0 Å². The van der Waals surface area contributed by atoms with Crippen LogP contribution < -0.4 is 0 Å². The van der Waals surface area contributed by atoms with Gasteiger partial charge in [0.15, 0.2) is 8.32 Å². The van der Waals surface area contributed by atoms with Crippen LogP contribution in [0.2, 0.25) is 18.1 Å². The zero-order valence-corrected chi connectivity index (χ0v) is 13.4. The standard InChI is InChI=1S/C15H30OSi/c1-15(2,3)17(4,5)16-13-9-12-14-10-7-6-8-11-14/h7,10,14H,6,8-9,11-13H2,1-5H3. The molecule has 0 aromatic heterocycles. The third kappa shape index (κ3) is 4.97. The highest BCUT2D eigenvalue weighted by molar-refractivity contribution is 6.74. The van der Waals surface area contributed by atoms with Crippen molar-refractivity contribution in [3.8, 4) is 0 Å². The number of hydrogen-bond donors (Lipinski definition) is 0. The van der Waals surface area contributed by atoms with Gasteiger partial charge < -0.3 is 4.43 Å². The molecule has 0 aliphatic heterocycles. The molecule has 0 heterocycles. The lowest BCUT2D eigenvalue weighted by molar-refractivity contribution is 0.270. The molecule has 0 radical (unpaired) electrons. The largest absolute Gasteiger partial charge is 0.417 e. The smallest absolute Gasteiger partial charge is 0.191 e. The highest BCUT2D eigenvalue weighted by atomic mass is 28.4. The van der Waals surface area contributed by atoms with Crippen molar-refractivity contribution in [2.24, 2.45) is 5.92 Å². The summed E-state index contributed by atoms with van der Waals surface area (Å²) in [6.07, 6.45) is 11.4. The maximum Gasteiger partial charge on any atom is 0.191 e. The maximum absolute atomic E-state index is 6.20. The van der Waals surface area contributed by atoms with Crippen LogP contribution in [0.4, 0.5) is 0 Å². The predicted octanol–water partition coefficient (Wildman–Crippen LogP) is 5.14. The van der Waals surface area contributed by atoms with Crippen molar-refractivity contribution in [1.29, 1.82) is 0 Å². The Morgan fingerprint density at radius 1 is 1.29 bits per heavy atom. The average Bonchev–Trinajstić information content (AvgIpc) is 2.24. The summed E-state index contributed by atoms with van der Waals surface area (Å²) in [7, 11) is -1.51. The molecule has 0 spiro atoms. The molecule has 0 aromatic carbocycles. The molecule has 0 saturated carbocycles. The van der Waals surface area contributed by atoms with Crippen LogP contribution >= 0.6 is 0 Å². The minimum absolute atomic E-state index is 0.345. The van der Waals surface area contributed by atoms with Gasteiger partial charge in [0.2, 0.25) is 0 Å². The van der Waals surface area contributed by atoms with Gasteiger partial charge in [-0.2, -0.15) is 0 Å². The van der Waals surface area contributed by atoms with Crippen LogP contribution in [0, 0.1) is 5.92 Å². The van der Waals surface area contributed by atoms with E-state index in [2.05, 4.69) is 46.0 Å². The molecule has 1 nitrogen and oxygen atoms in total. The molecule has 1 atom stereocenters. The molecule has 2 heteroatoms. The van der Waals surface area contributed by atoms with Crippen molar-refractivity contribution in [1.82, 2.24) is 0 Å². The van der Waals surface area contributed by atoms with Gasteiger partial charge in [-0.1, -0.05) is 32.9 Å². The first kappa shape index (κ1) is 15.0. The van der Waals surface area contributed by atoms with Gasteiger partial charge in [0.05, 0.1) is 0 Å². The molecule has 1 aliphatic rings. The minimum atomic E-state index is -1.51. The monoisotopic (exact) mass is 254 g/mol. The number of allylic oxidation sites excluding steroid dienone is 2. The maximum atomic E-state index is 6.20. The molecule has 0 fully saturated rings. The van der Waals surface area contributed by atoms with E-state index in [9.17, 15) is 0 Å². The van der Waals surface area contributed by atoms with E-state index in [1.54, 1.807) is 0 Å². The van der Waals surface area contributed by atoms with Crippen molar-refractivity contribution >= 4 is 8.32 Å². The third-order valence-electron chi connectivity index (χ3n) is 4.34. The van der Waals surface area contributed by atoms with Gasteiger partial charge in [-0.15, -0.1) is 0 Å². The van der Waals surface area contributed by atoms with Crippen LogP contribution in [0.5, 0.6) is 0 Å². The van der Waals surface area contributed by atoms with E-state index in [0.29, 0.717) is 5.04 Å². The Balaban J connectivity index is 2.19. The molecule has 0 N–H and O–H groups in total. The second kappa shape index (κ2) is 6.19. The summed E-state index contributed by atoms with van der Waals surface area (Å²) in [6.45, 7) is 12.6. The van der Waals surface area contributed by atoms with Crippen molar-refractivity contribution in [2.75, 3.05) is 6.61 Å². The van der Waals surface area contributed by atoms with E-state index in [1.165, 1.54) is 32.1 Å². The molecule has 1 aliphatic carbocycles. The van der Waals surface area contributed by atoms with Gasteiger partial charge >= 0.3 is 0 Å². The summed E-state index contributed by atoms with van der Waals surface area (Å²) in [5.41, 5.74) is 0. The molecule has 1 unspecified atom stereocenters. The molecule has 1 rings (SSSR count). The van der Waals surface area contributed by atoms with E-state index in [4.69, 9.17) is 4.43 Å². The quantitative estimate of drug-likeness (QED) is 0.375. The topological polar surface area (TPSA) is 9.23 Å². The summed E-state index contributed by atoms with van der Waals surface area (Å²) < 4.78 is 6.20. The SMILES string of the molecule is CC(C)(C)[Si](C)(C)OCCCC1C=CCCC1. The van der Waals surface area contributed by atoms with Gasteiger partial charge in [0, 0.05) is 6.61 Å². The molecule has 0 aromatic rings. The van der Waals surface area contributed by atoms with Crippen LogP contribution in [-0.2, 0) is 4.43 Å². The zero-order chi connectivity index (χ0) is 12.9. The van der Waals surface area contributed by atoms with E-state index in [0.717, 1.165) is 12.5 Å². The summed E-state index contributed by atoms with van der Waals surface area (Å²) in [5, 5.41) is 0.345. The Morgan fingerprint density at radius 3 is 2.53 bits per heavy atom. The van der Waals surface area contributed by atoms with Crippen molar-refractivity contribution < 1.29 is 4.43 Å². The van der Waals surface area contributed by atoms with Crippen LogP contribution in [0.1, 0.15) is 52.9 Å². The van der Waals surface area contributed by atoms with E-state index >= 15 is 0 Å². The molecule has 17 heavy (non-hydrogen) atoms. The Hall–Kier alpha value is -0.0831. The Kier molecular flexibility index (Phi) is 5.45. The zero-order valence-electron chi connectivity index (χ0n) is 12.4. The van der Waals surface area contributed by atoms with Crippen LogP contribution in [0.25, 0.3) is 0 Å². The van der Waals surface area contributed by atoms with Gasteiger partial charge in [-0.3, -0.25) is 0 Å². The highest BCUT2D eigenvalue weighted by Gasteiger charge is 2.36. The molecular weight excluding hydrogens is 224 g/mol. The molecule has 0 saturated heterocycles. The van der Waals surface area contributed by atoms with Crippen molar-refractivity contribution in [2.45, 2.75) is 71.0 Å². The lowest BCUT2D eigenvalue weighted by atomic mass is 9.92. The second-order valence-electron chi connectivity index (χ2n) is 6.87. The number of rotatable bonds is 5. The van der Waals surface area contributed by atoms with Crippen LogP contribution in [-0.4, -0.2) is 14.9 Å². The lowest BCUT2D eigenvalue weighted by Gasteiger charge is -2.36. The molecule has 0 amide bonds. The summed E-state index contributed by atoms with van der Waals surface area (Å²) in [6, 6.07) is 0.